The minimum Gasteiger partial charge on any atom is -0.258 e. The van der Waals surface area contributed by atoms with E-state index in [1.807, 2.05) is 13.0 Å². The molecule has 1 atom stereocenters. The number of rotatable bonds is 6. The molecule has 1 N–H and O–H groups in total. The van der Waals surface area contributed by atoms with Gasteiger partial charge in [-0.2, -0.15) is 9.98 Å². The van der Waals surface area contributed by atoms with Gasteiger partial charge in [-0.25, -0.2) is 8.42 Å². The van der Waals surface area contributed by atoms with Gasteiger partial charge < -0.3 is 0 Å². The van der Waals surface area contributed by atoms with Crippen LogP contribution in [0.15, 0.2) is 17.0 Å². The summed E-state index contributed by atoms with van der Waals surface area (Å²) in [6, 6.07) is 3.41. The highest BCUT2D eigenvalue weighted by molar-refractivity contribution is 7.89. The van der Waals surface area contributed by atoms with Gasteiger partial charge in [0.1, 0.15) is 6.04 Å². The quantitative estimate of drug-likeness (QED) is 0.639. The van der Waals surface area contributed by atoms with Gasteiger partial charge in [0.05, 0.1) is 15.9 Å². The van der Waals surface area contributed by atoms with Gasteiger partial charge in [0.2, 0.25) is 10.0 Å². The molecule has 114 valence electrons. The Hall–Kier alpha value is -1.98. The van der Waals surface area contributed by atoms with Crippen molar-refractivity contribution in [1.29, 1.82) is 5.26 Å². The van der Waals surface area contributed by atoms with Gasteiger partial charge in [-0.3, -0.25) is 10.1 Å². The maximum Gasteiger partial charge on any atom is 0.273 e. The Balaban J connectivity index is 3.27. The second-order valence-corrected chi connectivity index (χ2v) is 6.45. The highest BCUT2D eigenvalue weighted by Gasteiger charge is 2.24. The van der Waals surface area contributed by atoms with Gasteiger partial charge in [-0.15, -0.1) is 0 Å². The summed E-state index contributed by atoms with van der Waals surface area (Å²) in [5, 5.41) is 19.9. The lowest BCUT2D eigenvalue weighted by Gasteiger charge is -2.12. The van der Waals surface area contributed by atoms with Gasteiger partial charge in [-0.05, 0) is 31.9 Å². The van der Waals surface area contributed by atoms with E-state index in [0.29, 0.717) is 24.0 Å². The monoisotopic (exact) mass is 311 g/mol. The molecule has 1 rings (SSSR count). The molecule has 0 aliphatic heterocycles. The summed E-state index contributed by atoms with van der Waals surface area (Å²) in [6.07, 6.45) is 1.02. The Labute approximate surface area is 123 Å². The van der Waals surface area contributed by atoms with Gasteiger partial charge in [0, 0.05) is 11.6 Å². The molecule has 0 spiro atoms. The summed E-state index contributed by atoms with van der Waals surface area (Å²) in [7, 11) is -3.97. The molecular formula is C13H17N3O4S. The third-order valence-corrected chi connectivity index (χ3v) is 4.60. The average Bonchev–Trinajstić information content (AvgIpc) is 2.40. The summed E-state index contributed by atoms with van der Waals surface area (Å²) >= 11 is 0. The summed E-state index contributed by atoms with van der Waals surface area (Å²) in [5.74, 6) is 0. The minimum atomic E-state index is -3.97. The second-order valence-electron chi connectivity index (χ2n) is 4.73. The van der Waals surface area contributed by atoms with E-state index in [1.54, 1.807) is 13.8 Å². The number of nitrogens with zero attached hydrogens (tertiary/aromatic N) is 2. The molecular weight excluding hydrogens is 294 g/mol. The van der Waals surface area contributed by atoms with E-state index < -0.39 is 21.0 Å². The topological polar surface area (TPSA) is 113 Å². The van der Waals surface area contributed by atoms with E-state index in [4.69, 9.17) is 5.26 Å². The average molecular weight is 311 g/mol. The second kappa shape index (κ2) is 6.65. The molecule has 0 aliphatic carbocycles. The van der Waals surface area contributed by atoms with Crippen LogP contribution in [0, 0.1) is 35.3 Å². The fraction of sp³-hybridized carbons (Fsp3) is 0.462. The van der Waals surface area contributed by atoms with E-state index >= 15 is 0 Å². The number of nitriles is 1. The van der Waals surface area contributed by atoms with Crippen molar-refractivity contribution < 1.29 is 13.3 Å². The number of hydrogen-bond donors (Lipinski definition) is 1. The summed E-state index contributed by atoms with van der Waals surface area (Å²) in [6.45, 7) is 5.00. The number of hydrogen-bond acceptors (Lipinski definition) is 5. The van der Waals surface area contributed by atoms with Crippen molar-refractivity contribution in [1.82, 2.24) is 4.72 Å². The number of benzene rings is 1. The minimum absolute atomic E-state index is 0.200. The number of nitrogens with one attached hydrogen (secondary N) is 1. The predicted molar refractivity (Wildman–Crippen MR) is 77.2 cm³/mol. The van der Waals surface area contributed by atoms with E-state index in [2.05, 4.69) is 4.72 Å². The first-order valence-corrected chi connectivity index (χ1v) is 7.88. The first kappa shape index (κ1) is 17.1. The van der Waals surface area contributed by atoms with Crippen LogP contribution < -0.4 is 4.72 Å². The third kappa shape index (κ3) is 4.00. The van der Waals surface area contributed by atoms with Gasteiger partial charge in [0.15, 0.2) is 0 Å². The first-order chi connectivity index (χ1) is 9.72. The lowest BCUT2D eigenvalue weighted by atomic mass is 10.1. The smallest absolute Gasteiger partial charge is 0.258 e. The molecule has 0 aliphatic rings. The van der Waals surface area contributed by atoms with Crippen LogP contribution in [0.5, 0.6) is 0 Å². The summed E-state index contributed by atoms with van der Waals surface area (Å²) in [4.78, 5) is 10.2. The maximum atomic E-state index is 12.2. The molecule has 0 amide bonds. The van der Waals surface area contributed by atoms with Crippen LogP contribution in [0.1, 0.15) is 30.9 Å². The zero-order valence-corrected chi connectivity index (χ0v) is 12.9. The Morgan fingerprint density at radius 2 is 2.05 bits per heavy atom. The Morgan fingerprint density at radius 1 is 1.43 bits per heavy atom. The number of aryl methyl sites for hydroxylation is 1. The van der Waals surface area contributed by atoms with Crippen molar-refractivity contribution in [3.05, 3.63) is 33.4 Å². The van der Waals surface area contributed by atoms with Crippen molar-refractivity contribution in [2.24, 2.45) is 0 Å². The lowest BCUT2D eigenvalue weighted by Crippen LogP contribution is -2.33. The normalized spacial score (nSPS) is 12.7. The van der Waals surface area contributed by atoms with E-state index in [9.17, 15) is 18.5 Å². The Bertz CT molecular complexity index is 692. The molecule has 1 aromatic carbocycles. The molecule has 0 radical (unpaired) electrons. The Morgan fingerprint density at radius 3 is 2.52 bits per heavy atom. The molecule has 0 saturated carbocycles. The fourth-order valence-corrected chi connectivity index (χ4v) is 3.13. The standard InChI is InChI=1S/C13H17N3O4S/c1-4-5-11(8-14)15-21(19,20)12-6-9(2)10(3)13(7-12)16(17)18/h6-7,11,15H,4-5H2,1-3H3. The van der Waals surface area contributed by atoms with Gasteiger partial charge >= 0.3 is 0 Å². The predicted octanol–water partition coefficient (Wildman–Crippen LogP) is 2.18. The van der Waals surface area contributed by atoms with Crippen molar-refractivity contribution in [2.75, 3.05) is 0 Å². The molecule has 1 unspecified atom stereocenters. The van der Waals surface area contributed by atoms with E-state index in [1.165, 1.54) is 6.07 Å². The Kier molecular flexibility index (Phi) is 5.41. The van der Waals surface area contributed by atoms with Crippen LogP contribution in [0.3, 0.4) is 0 Å². The third-order valence-electron chi connectivity index (χ3n) is 3.15. The van der Waals surface area contributed by atoms with Crippen molar-refractivity contribution in [3.63, 3.8) is 0 Å². The van der Waals surface area contributed by atoms with Crippen molar-refractivity contribution in [3.8, 4) is 6.07 Å². The van der Waals surface area contributed by atoms with Gasteiger partial charge in [-0.1, -0.05) is 13.3 Å². The molecule has 0 bridgehead atoms. The number of sulfonamides is 1. The zero-order valence-electron chi connectivity index (χ0n) is 12.1. The molecule has 0 heterocycles. The molecule has 1 aromatic rings. The van der Waals surface area contributed by atoms with Crippen LogP contribution in [0.25, 0.3) is 0 Å². The zero-order chi connectivity index (χ0) is 16.2. The largest absolute Gasteiger partial charge is 0.273 e. The summed E-state index contributed by atoms with van der Waals surface area (Å²) in [5.41, 5.74) is 0.678. The molecule has 0 aromatic heterocycles. The highest BCUT2D eigenvalue weighted by Crippen LogP contribution is 2.26. The molecule has 21 heavy (non-hydrogen) atoms. The van der Waals surface area contributed by atoms with Crippen LogP contribution in [-0.4, -0.2) is 19.4 Å². The SMILES string of the molecule is CCCC(C#N)NS(=O)(=O)c1cc(C)c(C)c([N+](=O)[O-])c1. The maximum absolute atomic E-state index is 12.2. The lowest BCUT2D eigenvalue weighted by molar-refractivity contribution is -0.385. The fourth-order valence-electron chi connectivity index (χ4n) is 1.85. The number of nitro benzene ring substituents is 1. The van der Waals surface area contributed by atoms with Crippen molar-refractivity contribution >= 4 is 15.7 Å². The molecule has 0 fully saturated rings. The molecule has 7 nitrogen and oxygen atoms in total. The van der Waals surface area contributed by atoms with Crippen LogP contribution in [0.2, 0.25) is 0 Å². The van der Waals surface area contributed by atoms with Crippen LogP contribution in [0.4, 0.5) is 5.69 Å². The van der Waals surface area contributed by atoms with E-state index in [-0.39, 0.29) is 10.6 Å². The van der Waals surface area contributed by atoms with Crippen molar-refractivity contribution in [2.45, 2.75) is 44.6 Å². The van der Waals surface area contributed by atoms with Gasteiger partial charge in [0.25, 0.3) is 5.69 Å². The van der Waals surface area contributed by atoms with Crippen LogP contribution >= 0.6 is 0 Å². The van der Waals surface area contributed by atoms with Crippen LogP contribution in [-0.2, 0) is 10.0 Å². The molecule has 8 heteroatoms. The van der Waals surface area contributed by atoms with E-state index in [0.717, 1.165) is 6.07 Å². The summed E-state index contributed by atoms with van der Waals surface area (Å²) < 4.78 is 26.7. The first-order valence-electron chi connectivity index (χ1n) is 6.40. The number of nitro groups is 1. The molecule has 0 saturated heterocycles. The highest BCUT2D eigenvalue weighted by atomic mass is 32.2.